The minimum absolute atomic E-state index is 0.0554. The highest BCUT2D eigenvalue weighted by molar-refractivity contribution is 9.10. The van der Waals surface area contributed by atoms with Crippen molar-refractivity contribution in [3.63, 3.8) is 0 Å². The van der Waals surface area contributed by atoms with E-state index in [0.717, 1.165) is 36.2 Å². The first-order valence-corrected chi connectivity index (χ1v) is 10.8. The number of carbonyl (C=O) groups is 1. The lowest BCUT2D eigenvalue weighted by molar-refractivity contribution is 0.0728. The summed E-state index contributed by atoms with van der Waals surface area (Å²) in [5.74, 6) is 1.38. The first-order valence-electron chi connectivity index (χ1n) is 10.1. The molecule has 2 aliphatic rings. The lowest BCUT2D eigenvalue weighted by atomic mass is 9.95. The molecule has 3 atom stereocenters. The Hall–Kier alpha value is -2.87. The lowest BCUT2D eigenvalue weighted by Crippen LogP contribution is -2.40. The summed E-state index contributed by atoms with van der Waals surface area (Å²) in [7, 11) is 0. The molecule has 30 heavy (non-hydrogen) atoms. The van der Waals surface area contributed by atoms with Gasteiger partial charge in [0.1, 0.15) is 10.4 Å². The largest absolute Gasteiger partial charge is 0.364 e. The molecular weight excluding hydrogens is 444 g/mol. The number of halogens is 1. The fourth-order valence-corrected chi connectivity index (χ4v) is 4.95. The minimum atomic E-state index is 0.0554. The van der Waals surface area contributed by atoms with Crippen LogP contribution in [0, 0.1) is 6.92 Å². The van der Waals surface area contributed by atoms with Gasteiger partial charge in [-0.25, -0.2) is 19.9 Å². The number of anilines is 1. The van der Waals surface area contributed by atoms with Crippen LogP contribution in [0.5, 0.6) is 0 Å². The summed E-state index contributed by atoms with van der Waals surface area (Å²) in [4.78, 5) is 33.2. The SMILES string of the molecule is Cc1cccc(C(=O)N2[C@@H]3CC[C@H]2[C@H](Nc2cnc(Br)cn2)C3)c1-c1ncccn1. The predicted molar refractivity (Wildman–Crippen MR) is 117 cm³/mol. The van der Waals surface area contributed by atoms with Crippen LogP contribution in [0.15, 0.2) is 53.7 Å². The quantitative estimate of drug-likeness (QED) is 0.630. The Labute approximate surface area is 183 Å². The van der Waals surface area contributed by atoms with Gasteiger partial charge < -0.3 is 10.2 Å². The number of nitrogens with zero attached hydrogens (tertiary/aromatic N) is 5. The molecule has 0 unspecified atom stereocenters. The molecule has 0 radical (unpaired) electrons. The van der Waals surface area contributed by atoms with Crippen LogP contribution in [0.25, 0.3) is 11.4 Å². The zero-order chi connectivity index (χ0) is 20.7. The van der Waals surface area contributed by atoms with E-state index in [4.69, 9.17) is 0 Å². The monoisotopic (exact) mass is 464 g/mol. The van der Waals surface area contributed by atoms with Crippen LogP contribution in [0.4, 0.5) is 5.82 Å². The van der Waals surface area contributed by atoms with Crippen molar-refractivity contribution in [3.8, 4) is 11.4 Å². The number of aromatic nitrogens is 4. The zero-order valence-electron chi connectivity index (χ0n) is 16.5. The van der Waals surface area contributed by atoms with Crippen molar-refractivity contribution in [2.24, 2.45) is 0 Å². The van der Waals surface area contributed by atoms with Crippen LogP contribution >= 0.6 is 15.9 Å². The van der Waals surface area contributed by atoms with Gasteiger partial charge in [-0.3, -0.25) is 4.79 Å². The first kappa shape index (κ1) is 19.1. The highest BCUT2D eigenvalue weighted by Crippen LogP contribution is 2.41. The van der Waals surface area contributed by atoms with Crippen molar-refractivity contribution in [1.29, 1.82) is 0 Å². The number of aryl methyl sites for hydroxylation is 1. The summed E-state index contributed by atoms with van der Waals surface area (Å²) >= 11 is 3.31. The first-order chi connectivity index (χ1) is 14.6. The van der Waals surface area contributed by atoms with Crippen LogP contribution in [0.1, 0.15) is 35.2 Å². The fourth-order valence-electron chi connectivity index (χ4n) is 4.75. The van der Waals surface area contributed by atoms with Crippen LogP contribution in [-0.2, 0) is 0 Å². The zero-order valence-corrected chi connectivity index (χ0v) is 18.1. The maximum atomic E-state index is 13.7. The van der Waals surface area contributed by atoms with Crippen LogP contribution in [0.2, 0.25) is 0 Å². The second-order valence-corrected chi connectivity index (χ2v) is 8.60. The Morgan fingerprint density at radius 3 is 2.70 bits per heavy atom. The molecule has 3 aromatic rings. The normalized spacial score (nSPS) is 22.3. The van der Waals surface area contributed by atoms with Crippen molar-refractivity contribution in [2.45, 2.75) is 44.3 Å². The molecule has 8 heteroatoms. The summed E-state index contributed by atoms with van der Waals surface area (Å²) in [6, 6.07) is 8.14. The van der Waals surface area contributed by atoms with Crippen molar-refractivity contribution >= 4 is 27.7 Å². The van der Waals surface area contributed by atoms with Gasteiger partial charge in [0.25, 0.3) is 5.91 Å². The molecule has 2 aromatic heterocycles. The van der Waals surface area contributed by atoms with Crippen molar-refractivity contribution in [3.05, 3.63) is 64.8 Å². The average Bonchev–Trinajstić information content (AvgIpc) is 3.33. The summed E-state index contributed by atoms with van der Waals surface area (Å²) in [6.07, 6.45) is 9.75. The Kier molecular flexibility index (Phi) is 4.94. The summed E-state index contributed by atoms with van der Waals surface area (Å²) in [5.41, 5.74) is 2.48. The van der Waals surface area contributed by atoms with Crippen molar-refractivity contribution in [2.75, 3.05) is 5.32 Å². The summed E-state index contributed by atoms with van der Waals surface area (Å²) in [6.45, 7) is 2.00. The van der Waals surface area contributed by atoms with E-state index in [0.29, 0.717) is 16.0 Å². The van der Waals surface area contributed by atoms with E-state index < -0.39 is 0 Å². The Balaban J connectivity index is 1.44. The molecule has 0 aliphatic carbocycles. The number of nitrogens with one attached hydrogen (secondary N) is 1. The Bertz CT molecular complexity index is 1070. The summed E-state index contributed by atoms with van der Waals surface area (Å²) in [5, 5.41) is 3.48. The van der Waals surface area contributed by atoms with Gasteiger partial charge in [-0.1, -0.05) is 12.1 Å². The lowest BCUT2D eigenvalue weighted by Gasteiger charge is -2.26. The van der Waals surface area contributed by atoms with Gasteiger partial charge in [0.15, 0.2) is 5.82 Å². The Morgan fingerprint density at radius 1 is 1.10 bits per heavy atom. The molecule has 4 heterocycles. The van der Waals surface area contributed by atoms with E-state index in [1.165, 1.54) is 0 Å². The molecule has 2 aliphatic heterocycles. The number of hydrogen-bond donors (Lipinski definition) is 1. The number of carbonyl (C=O) groups excluding carboxylic acids is 1. The van der Waals surface area contributed by atoms with Gasteiger partial charge in [0.05, 0.1) is 30.0 Å². The maximum Gasteiger partial charge on any atom is 0.255 e. The second kappa shape index (κ2) is 7.75. The topological polar surface area (TPSA) is 83.9 Å². The highest BCUT2D eigenvalue weighted by Gasteiger charge is 2.49. The van der Waals surface area contributed by atoms with Crippen molar-refractivity contribution < 1.29 is 4.79 Å². The molecule has 0 saturated carbocycles. The van der Waals surface area contributed by atoms with E-state index in [-0.39, 0.29) is 24.0 Å². The van der Waals surface area contributed by atoms with E-state index in [1.54, 1.807) is 30.9 Å². The van der Waals surface area contributed by atoms with Gasteiger partial charge in [0.2, 0.25) is 0 Å². The van der Waals surface area contributed by atoms with E-state index in [2.05, 4.69) is 46.1 Å². The third kappa shape index (κ3) is 3.35. The smallest absolute Gasteiger partial charge is 0.255 e. The Morgan fingerprint density at radius 2 is 1.93 bits per heavy atom. The van der Waals surface area contributed by atoms with Gasteiger partial charge in [0, 0.05) is 24.0 Å². The van der Waals surface area contributed by atoms with Gasteiger partial charge in [-0.05, 0) is 59.8 Å². The number of fused-ring (bicyclic) bond motifs is 2. The molecule has 152 valence electrons. The molecule has 5 rings (SSSR count). The van der Waals surface area contributed by atoms with E-state index >= 15 is 0 Å². The van der Waals surface area contributed by atoms with Crippen LogP contribution in [0.3, 0.4) is 0 Å². The molecule has 1 N–H and O–H groups in total. The number of hydrogen-bond acceptors (Lipinski definition) is 6. The second-order valence-electron chi connectivity index (χ2n) is 7.79. The highest BCUT2D eigenvalue weighted by atomic mass is 79.9. The van der Waals surface area contributed by atoms with Gasteiger partial charge >= 0.3 is 0 Å². The number of rotatable bonds is 4. The molecule has 2 fully saturated rings. The van der Waals surface area contributed by atoms with Gasteiger partial charge in [-0.2, -0.15) is 0 Å². The van der Waals surface area contributed by atoms with Crippen LogP contribution in [-0.4, -0.2) is 48.9 Å². The standard InChI is InChI=1S/C22H21BrN6O/c1-13-4-2-5-15(20(13)21-24-8-3-9-25-21)22(30)29-14-6-7-17(29)16(10-14)28-19-12-26-18(23)11-27-19/h2-5,8-9,11-12,14,16-17H,6-7,10H2,1H3,(H,27,28)/t14-,16-,17+/m1/s1. The molecule has 2 saturated heterocycles. The maximum absolute atomic E-state index is 13.7. The van der Waals surface area contributed by atoms with Crippen LogP contribution < -0.4 is 5.32 Å². The third-order valence-corrected chi connectivity index (χ3v) is 6.43. The average molecular weight is 465 g/mol. The molecule has 7 nitrogen and oxygen atoms in total. The van der Waals surface area contributed by atoms with Gasteiger partial charge in [-0.15, -0.1) is 0 Å². The number of benzene rings is 1. The molecule has 1 amide bonds. The van der Waals surface area contributed by atoms with Crippen molar-refractivity contribution in [1.82, 2.24) is 24.8 Å². The predicted octanol–water partition coefficient (Wildman–Crippen LogP) is 3.86. The van der Waals surface area contributed by atoms with E-state index in [1.807, 2.05) is 25.1 Å². The van der Waals surface area contributed by atoms with E-state index in [9.17, 15) is 4.79 Å². The molecule has 2 bridgehead atoms. The molecule has 1 aromatic carbocycles. The summed E-state index contributed by atoms with van der Waals surface area (Å²) < 4.78 is 0.702. The minimum Gasteiger partial charge on any atom is -0.364 e. The third-order valence-electron chi connectivity index (χ3n) is 6.02. The molecule has 0 spiro atoms. The molecular formula is C22H21BrN6O. The number of amides is 1. The fraction of sp³-hybridized carbons (Fsp3) is 0.318.